The van der Waals surface area contributed by atoms with Gasteiger partial charge in [-0.25, -0.2) is 0 Å². The fraction of sp³-hybridized carbons (Fsp3) is 0.424. The second kappa shape index (κ2) is 15.4. The zero-order valence-electron chi connectivity index (χ0n) is 22.2. The average molecular weight is 488 g/mol. The van der Waals surface area contributed by atoms with Crippen LogP contribution in [0.5, 0.6) is 11.5 Å². The lowest BCUT2D eigenvalue weighted by Crippen LogP contribution is -2.33. The Morgan fingerprint density at radius 1 is 0.528 bits per heavy atom. The topological polar surface area (TPSA) is 27.7 Å². The van der Waals surface area contributed by atoms with Crippen molar-refractivity contribution in [1.82, 2.24) is 0 Å². The fourth-order valence-electron chi connectivity index (χ4n) is 4.82. The average Bonchev–Trinajstić information content (AvgIpc) is 2.94. The first-order chi connectivity index (χ1) is 17.7. The Morgan fingerprint density at radius 3 is 1.39 bits per heavy atom. The number of hydrogen-bond donors (Lipinski definition) is 0. The molecule has 0 spiro atoms. The Kier molecular flexibility index (Phi) is 11.9. The monoisotopic (exact) mass is 487 g/mol. The van der Waals surface area contributed by atoms with E-state index in [9.17, 15) is 0 Å². The number of rotatable bonds is 17. The molecule has 0 atom stereocenters. The third-order valence-corrected chi connectivity index (χ3v) is 6.89. The van der Waals surface area contributed by atoms with Crippen LogP contribution in [0.15, 0.2) is 78.9 Å². The van der Waals surface area contributed by atoms with E-state index in [1.165, 1.54) is 51.4 Å². The summed E-state index contributed by atoms with van der Waals surface area (Å²) in [7, 11) is 3.39. The highest BCUT2D eigenvalue weighted by atomic mass is 16.5. The van der Waals surface area contributed by atoms with Gasteiger partial charge < -0.3 is 14.2 Å². The van der Waals surface area contributed by atoms with Gasteiger partial charge in [0.15, 0.2) is 0 Å². The maximum atomic E-state index is 6.92. The minimum atomic E-state index is -0.714. The molecule has 36 heavy (non-hydrogen) atoms. The van der Waals surface area contributed by atoms with Gasteiger partial charge >= 0.3 is 0 Å². The molecule has 193 valence electrons. The molecule has 0 aliphatic heterocycles. The number of unbranched alkanes of at least 4 members (excludes halogenated alkanes) is 9. The van der Waals surface area contributed by atoms with Crippen LogP contribution in [0.1, 0.15) is 80.9 Å². The highest BCUT2D eigenvalue weighted by Crippen LogP contribution is 2.41. The summed E-state index contributed by atoms with van der Waals surface area (Å²) in [5.41, 5.74) is 2.57. The molecule has 3 heteroatoms. The lowest BCUT2D eigenvalue weighted by molar-refractivity contribution is 0.0106. The second-order valence-corrected chi connectivity index (χ2v) is 9.39. The maximum Gasteiger partial charge on any atom is 0.143 e. The van der Waals surface area contributed by atoms with Crippen molar-refractivity contribution in [3.63, 3.8) is 0 Å². The van der Waals surface area contributed by atoms with E-state index in [1.807, 2.05) is 24.3 Å². The van der Waals surface area contributed by atoms with Crippen LogP contribution < -0.4 is 9.47 Å². The summed E-state index contributed by atoms with van der Waals surface area (Å²) >= 11 is 0. The van der Waals surface area contributed by atoms with E-state index in [0.717, 1.165) is 41.0 Å². The van der Waals surface area contributed by atoms with Crippen LogP contribution in [0.2, 0.25) is 0 Å². The SMILES string of the molecule is [CH2]CCCCCCCCCCCOC(c1ccccc1)(c1ccc(OC)cc1)c1ccc(OC)cc1. The van der Waals surface area contributed by atoms with Gasteiger partial charge in [-0.3, -0.25) is 0 Å². The van der Waals surface area contributed by atoms with Gasteiger partial charge in [0, 0.05) is 6.61 Å². The smallest absolute Gasteiger partial charge is 0.143 e. The molecule has 0 saturated carbocycles. The molecule has 0 unspecified atom stereocenters. The fourth-order valence-corrected chi connectivity index (χ4v) is 4.82. The number of benzene rings is 3. The zero-order chi connectivity index (χ0) is 25.5. The van der Waals surface area contributed by atoms with Crippen molar-refractivity contribution in [2.45, 2.75) is 69.8 Å². The second-order valence-electron chi connectivity index (χ2n) is 9.39. The van der Waals surface area contributed by atoms with Gasteiger partial charge in [0.1, 0.15) is 17.1 Å². The Balaban J connectivity index is 1.75. The first-order valence-electron chi connectivity index (χ1n) is 13.5. The summed E-state index contributed by atoms with van der Waals surface area (Å²) in [5.74, 6) is 1.67. The van der Waals surface area contributed by atoms with Crippen LogP contribution >= 0.6 is 0 Å². The van der Waals surface area contributed by atoms with Crippen molar-refractivity contribution in [1.29, 1.82) is 0 Å². The zero-order valence-corrected chi connectivity index (χ0v) is 22.2. The third-order valence-electron chi connectivity index (χ3n) is 6.89. The van der Waals surface area contributed by atoms with E-state index in [0.29, 0.717) is 6.61 Å². The van der Waals surface area contributed by atoms with Crippen LogP contribution in [0.4, 0.5) is 0 Å². The molecule has 0 aliphatic carbocycles. The molecule has 0 bridgehead atoms. The van der Waals surface area contributed by atoms with Gasteiger partial charge in [-0.1, -0.05) is 119 Å². The molecule has 3 rings (SSSR count). The maximum absolute atomic E-state index is 6.92. The quantitative estimate of drug-likeness (QED) is 0.141. The molecule has 0 N–H and O–H groups in total. The lowest BCUT2D eigenvalue weighted by atomic mass is 9.80. The molecule has 0 amide bonds. The first-order valence-corrected chi connectivity index (χ1v) is 13.5. The highest BCUT2D eigenvalue weighted by Gasteiger charge is 2.37. The van der Waals surface area contributed by atoms with Gasteiger partial charge in [0.2, 0.25) is 0 Å². The van der Waals surface area contributed by atoms with Gasteiger partial charge in [0.05, 0.1) is 14.2 Å². The third kappa shape index (κ3) is 7.61. The molecule has 0 aliphatic rings. The number of hydrogen-bond acceptors (Lipinski definition) is 3. The predicted octanol–water partition coefficient (Wildman–Crippen LogP) is 8.75. The van der Waals surface area contributed by atoms with Gasteiger partial charge in [-0.15, -0.1) is 0 Å². The van der Waals surface area contributed by atoms with E-state index < -0.39 is 5.60 Å². The van der Waals surface area contributed by atoms with E-state index in [4.69, 9.17) is 14.2 Å². The van der Waals surface area contributed by atoms with E-state index in [1.54, 1.807) is 14.2 Å². The Morgan fingerprint density at radius 2 is 0.944 bits per heavy atom. The molecule has 3 nitrogen and oxygen atoms in total. The van der Waals surface area contributed by atoms with E-state index >= 15 is 0 Å². The lowest BCUT2D eigenvalue weighted by Gasteiger charge is -2.36. The summed E-state index contributed by atoms with van der Waals surface area (Å²) in [6, 6.07) is 27.0. The van der Waals surface area contributed by atoms with Gasteiger partial charge in [-0.2, -0.15) is 0 Å². The molecule has 0 aromatic heterocycles. The molecule has 0 fully saturated rings. The predicted molar refractivity (Wildman–Crippen MR) is 150 cm³/mol. The van der Waals surface area contributed by atoms with Gasteiger partial charge in [-0.05, 0) is 47.4 Å². The standard InChI is InChI=1S/C33H43O3/c1-4-5-6-7-8-9-10-11-12-16-27-36-33(28-17-14-13-15-18-28,29-19-23-31(34-2)24-20-29)30-21-25-32(35-3)26-22-30/h13-15,17-26H,1,4-12,16,27H2,2-3H3. The van der Waals surface area contributed by atoms with E-state index in [-0.39, 0.29) is 0 Å². The first kappa shape index (κ1) is 27.8. The normalized spacial score (nSPS) is 11.4. The summed E-state index contributed by atoms with van der Waals surface area (Å²) in [6.45, 7) is 4.62. The van der Waals surface area contributed by atoms with Crippen molar-refractivity contribution in [3.05, 3.63) is 102 Å². The van der Waals surface area contributed by atoms with Crippen molar-refractivity contribution in [2.75, 3.05) is 20.8 Å². The van der Waals surface area contributed by atoms with Crippen molar-refractivity contribution < 1.29 is 14.2 Å². The number of ether oxygens (including phenoxy) is 3. The summed E-state index contributed by atoms with van der Waals surface area (Å²) < 4.78 is 17.8. The van der Waals surface area contributed by atoms with Crippen LogP contribution in [-0.2, 0) is 10.3 Å². The summed E-state index contributed by atoms with van der Waals surface area (Å²) in [6.07, 6.45) is 12.5. The van der Waals surface area contributed by atoms with Crippen molar-refractivity contribution in [2.24, 2.45) is 0 Å². The van der Waals surface area contributed by atoms with Crippen molar-refractivity contribution in [3.8, 4) is 11.5 Å². The van der Waals surface area contributed by atoms with E-state index in [2.05, 4.69) is 61.5 Å². The van der Waals surface area contributed by atoms with Crippen LogP contribution in [0.3, 0.4) is 0 Å². The Labute approximate surface area is 218 Å². The molecule has 3 aromatic carbocycles. The van der Waals surface area contributed by atoms with Crippen LogP contribution in [0.25, 0.3) is 0 Å². The minimum absolute atomic E-state index is 0.691. The summed E-state index contributed by atoms with van der Waals surface area (Å²) in [4.78, 5) is 0. The number of methoxy groups -OCH3 is 2. The Bertz CT molecular complexity index is 917. The largest absolute Gasteiger partial charge is 0.497 e. The molecular formula is C33H43O3. The van der Waals surface area contributed by atoms with Crippen LogP contribution in [0, 0.1) is 6.92 Å². The highest BCUT2D eigenvalue weighted by molar-refractivity contribution is 5.49. The van der Waals surface area contributed by atoms with Gasteiger partial charge in [0.25, 0.3) is 0 Å². The molecule has 0 saturated heterocycles. The molecule has 0 heterocycles. The van der Waals surface area contributed by atoms with Crippen LogP contribution in [-0.4, -0.2) is 20.8 Å². The molecule has 3 aromatic rings. The summed E-state index contributed by atoms with van der Waals surface area (Å²) in [5, 5.41) is 0. The minimum Gasteiger partial charge on any atom is -0.497 e. The Hall–Kier alpha value is -2.78. The van der Waals surface area contributed by atoms with Crippen molar-refractivity contribution >= 4 is 0 Å². The molecule has 1 radical (unpaired) electrons. The molecular weight excluding hydrogens is 444 g/mol.